The smallest absolute Gasteiger partial charge is 0.227 e. The predicted octanol–water partition coefficient (Wildman–Crippen LogP) is 1.81. The van der Waals surface area contributed by atoms with Crippen LogP contribution in [0.1, 0.15) is 24.5 Å². The summed E-state index contributed by atoms with van der Waals surface area (Å²) in [7, 11) is 1.60. The molecule has 2 atom stereocenters. The van der Waals surface area contributed by atoms with Gasteiger partial charge in [-0.25, -0.2) is 0 Å². The molecule has 1 fully saturated rings. The molecular weight excluding hydrogens is 280 g/mol. The fourth-order valence-corrected chi connectivity index (χ4v) is 2.68. The van der Waals surface area contributed by atoms with Crippen LogP contribution >= 0.6 is 0 Å². The fourth-order valence-electron chi connectivity index (χ4n) is 2.68. The monoisotopic (exact) mass is 304 g/mol. The van der Waals surface area contributed by atoms with Gasteiger partial charge < -0.3 is 15.0 Å². The van der Waals surface area contributed by atoms with Gasteiger partial charge in [0.2, 0.25) is 11.8 Å². The number of benzene rings is 1. The Morgan fingerprint density at radius 3 is 2.77 bits per heavy atom. The standard InChI is InChI=1S/C17H24N2O3/c1-11-5-6-15(7-12(11)2)19-9-14(8-16(19)20)17(21)18-13(3)10-22-4/h5-7,13-14H,8-10H2,1-4H3,(H,18,21)/t13-,14-/m0/s1. The van der Waals surface area contributed by atoms with Crippen molar-refractivity contribution >= 4 is 17.5 Å². The van der Waals surface area contributed by atoms with Gasteiger partial charge in [0.05, 0.1) is 12.5 Å². The maximum absolute atomic E-state index is 12.2. The summed E-state index contributed by atoms with van der Waals surface area (Å²) in [6, 6.07) is 5.89. The average molecular weight is 304 g/mol. The molecule has 0 aromatic heterocycles. The average Bonchev–Trinajstić information content (AvgIpc) is 2.84. The zero-order valence-electron chi connectivity index (χ0n) is 13.7. The van der Waals surface area contributed by atoms with E-state index in [4.69, 9.17) is 4.74 Å². The van der Waals surface area contributed by atoms with E-state index in [1.807, 2.05) is 39.0 Å². The van der Waals surface area contributed by atoms with Crippen molar-refractivity contribution in [3.63, 3.8) is 0 Å². The highest BCUT2D eigenvalue weighted by molar-refractivity contribution is 6.00. The first-order valence-corrected chi connectivity index (χ1v) is 7.59. The van der Waals surface area contributed by atoms with Gasteiger partial charge in [0, 0.05) is 31.8 Å². The summed E-state index contributed by atoms with van der Waals surface area (Å²) in [5.41, 5.74) is 3.21. The highest BCUT2D eigenvalue weighted by Crippen LogP contribution is 2.26. The zero-order chi connectivity index (χ0) is 16.3. The maximum Gasteiger partial charge on any atom is 0.227 e. The fraction of sp³-hybridized carbons (Fsp3) is 0.529. The molecular formula is C17H24N2O3. The maximum atomic E-state index is 12.2. The van der Waals surface area contributed by atoms with E-state index in [0.29, 0.717) is 13.2 Å². The Morgan fingerprint density at radius 2 is 2.14 bits per heavy atom. The number of rotatable bonds is 5. The van der Waals surface area contributed by atoms with E-state index in [1.54, 1.807) is 12.0 Å². The minimum absolute atomic E-state index is 0.00259. The number of nitrogens with zero attached hydrogens (tertiary/aromatic N) is 1. The number of aryl methyl sites for hydroxylation is 2. The third-order valence-electron chi connectivity index (χ3n) is 4.10. The molecule has 5 heteroatoms. The molecule has 2 rings (SSSR count). The molecule has 1 aliphatic heterocycles. The van der Waals surface area contributed by atoms with Gasteiger partial charge in [0.1, 0.15) is 0 Å². The lowest BCUT2D eigenvalue weighted by Gasteiger charge is -2.19. The van der Waals surface area contributed by atoms with Crippen LogP contribution in [0.4, 0.5) is 5.69 Å². The molecule has 1 aromatic rings. The van der Waals surface area contributed by atoms with Crippen LogP contribution < -0.4 is 10.2 Å². The molecule has 1 saturated heterocycles. The topological polar surface area (TPSA) is 58.6 Å². The number of amides is 2. The second kappa shape index (κ2) is 6.92. The predicted molar refractivity (Wildman–Crippen MR) is 85.9 cm³/mol. The lowest BCUT2D eigenvalue weighted by atomic mass is 10.1. The van der Waals surface area contributed by atoms with Crippen LogP contribution in [0.25, 0.3) is 0 Å². The van der Waals surface area contributed by atoms with E-state index in [-0.39, 0.29) is 30.2 Å². The first-order valence-electron chi connectivity index (χ1n) is 7.59. The number of ether oxygens (including phenoxy) is 1. The first-order chi connectivity index (χ1) is 10.4. The van der Waals surface area contributed by atoms with Gasteiger partial charge in [-0.15, -0.1) is 0 Å². The normalized spacial score (nSPS) is 19.4. The Balaban J connectivity index is 2.04. The molecule has 1 N–H and O–H groups in total. The third kappa shape index (κ3) is 3.65. The summed E-state index contributed by atoms with van der Waals surface area (Å²) in [6.45, 7) is 6.85. The largest absolute Gasteiger partial charge is 0.383 e. The summed E-state index contributed by atoms with van der Waals surface area (Å²) in [5, 5.41) is 2.89. The van der Waals surface area contributed by atoms with Crippen LogP contribution in [-0.4, -0.2) is 38.1 Å². The first kappa shape index (κ1) is 16.5. The van der Waals surface area contributed by atoms with Gasteiger partial charge in [-0.05, 0) is 44.0 Å². The summed E-state index contributed by atoms with van der Waals surface area (Å²) in [6.07, 6.45) is 0.262. The molecule has 120 valence electrons. The van der Waals surface area contributed by atoms with Crippen molar-refractivity contribution in [3.05, 3.63) is 29.3 Å². The number of nitrogens with one attached hydrogen (secondary N) is 1. The summed E-state index contributed by atoms with van der Waals surface area (Å²) >= 11 is 0. The highest BCUT2D eigenvalue weighted by Gasteiger charge is 2.35. The van der Waals surface area contributed by atoms with Gasteiger partial charge in [-0.2, -0.15) is 0 Å². The van der Waals surface area contributed by atoms with Gasteiger partial charge in [0.15, 0.2) is 0 Å². The third-order valence-corrected chi connectivity index (χ3v) is 4.10. The minimum atomic E-state index is -0.298. The second-order valence-electron chi connectivity index (χ2n) is 6.04. The number of carbonyl (C=O) groups excluding carboxylic acids is 2. The Hall–Kier alpha value is -1.88. The van der Waals surface area contributed by atoms with Crippen molar-refractivity contribution in [1.29, 1.82) is 0 Å². The van der Waals surface area contributed by atoms with Gasteiger partial charge in [-0.1, -0.05) is 6.07 Å². The van der Waals surface area contributed by atoms with E-state index < -0.39 is 0 Å². The van der Waals surface area contributed by atoms with Crippen molar-refractivity contribution in [1.82, 2.24) is 5.32 Å². The molecule has 1 aliphatic rings. The molecule has 1 aromatic carbocycles. The molecule has 0 unspecified atom stereocenters. The van der Waals surface area contributed by atoms with Gasteiger partial charge >= 0.3 is 0 Å². The van der Waals surface area contributed by atoms with Crippen LogP contribution in [0.2, 0.25) is 0 Å². The number of hydrogen-bond donors (Lipinski definition) is 1. The molecule has 0 aliphatic carbocycles. The SMILES string of the molecule is COC[C@H](C)NC(=O)[C@H]1CC(=O)N(c2ccc(C)c(C)c2)C1. The van der Waals surface area contributed by atoms with E-state index >= 15 is 0 Å². The molecule has 2 amide bonds. The van der Waals surface area contributed by atoms with Crippen molar-refractivity contribution in [2.45, 2.75) is 33.2 Å². The van der Waals surface area contributed by atoms with Gasteiger partial charge in [0.25, 0.3) is 0 Å². The molecule has 22 heavy (non-hydrogen) atoms. The Labute approximate surface area is 131 Å². The zero-order valence-corrected chi connectivity index (χ0v) is 13.7. The summed E-state index contributed by atoms with van der Waals surface area (Å²) < 4.78 is 5.01. The van der Waals surface area contributed by atoms with E-state index in [2.05, 4.69) is 5.32 Å². The molecule has 1 heterocycles. The van der Waals surface area contributed by atoms with Crippen molar-refractivity contribution in [2.75, 3.05) is 25.2 Å². The van der Waals surface area contributed by atoms with E-state index in [1.165, 1.54) is 5.56 Å². The Bertz CT molecular complexity index is 571. The molecule has 0 radical (unpaired) electrons. The minimum Gasteiger partial charge on any atom is -0.383 e. The lowest BCUT2D eigenvalue weighted by molar-refractivity contribution is -0.127. The van der Waals surface area contributed by atoms with E-state index in [0.717, 1.165) is 11.3 Å². The molecule has 0 bridgehead atoms. The van der Waals surface area contributed by atoms with Gasteiger partial charge in [-0.3, -0.25) is 9.59 Å². The quantitative estimate of drug-likeness (QED) is 0.902. The highest BCUT2D eigenvalue weighted by atomic mass is 16.5. The van der Waals surface area contributed by atoms with Crippen LogP contribution in [0.5, 0.6) is 0 Å². The van der Waals surface area contributed by atoms with Crippen molar-refractivity contribution in [2.24, 2.45) is 5.92 Å². The van der Waals surface area contributed by atoms with Crippen LogP contribution in [0.15, 0.2) is 18.2 Å². The van der Waals surface area contributed by atoms with Crippen LogP contribution in [0, 0.1) is 19.8 Å². The number of carbonyl (C=O) groups is 2. The molecule has 5 nitrogen and oxygen atoms in total. The second-order valence-corrected chi connectivity index (χ2v) is 6.04. The summed E-state index contributed by atoms with van der Waals surface area (Å²) in [4.78, 5) is 26.2. The van der Waals surface area contributed by atoms with Crippen LogP contribution in [-0.2, 0) is 14.3 Å². The Kier molecular flexibility index (Phi) is 5.19. The Morgan fingerprint density at radius 1 is 1.41 bits per heavy atom. The number of anilines is 1. The van der Waals surface area contributed by atoms with Crippen LogP contribution in [0.3, 0.4) is 0 Å². The number of methoxy groups -OCH3 is 1. The summed E-state index contributed by atoms with van der Waals surface area (Å²) in [5.74, 6) is -0.375. The molecule has 0 spiro atoms. The lowest BCUT2D eigenvalue weighted by Crippen LogP contribution is -2.40. The molecule has 0 saturated carbocycles. The number of hydrogen-bond acceptors (Lipinski definition) is 3. The van der Waals surface area contributed by atoms with Crippen molar-refractivity contribution in [3.8, 4) is 0 Å². The van der Waals surface area contributed by atoms with Crippen molar-refractivity contribution < 1.29 is 14.3 Å². The van der Waals surface area contributed by atoms with E-state index in [9.17, 15) is 9.59 Å².